The summed E-state index contributed by atoms with van der Waals surface area (Å²) in [4.78, 5) is 12.6. The topological polar surface area (TPSA) is 69.8 Å². The summed E-state index contributed by atoms with van der Waals surface area (Å²) in [5.41, 5.74) is 0.530. The third kappa shape index (κ3) is 6.14. The predicted molar refractivity (Wildman–Crippen MR) is 127 cm³/mol. The van der Waals surface area contributed by atoms with Crippen LogP contribution in [0.5, 0.6) is 0 Å². The zero-order valence-corrected chi connectivity index (χ0v) is 19.7. The Bertz CT molecular complexity index is 1180. The van der Waals surface area contributed by atoms with Crippen LogP contribution in [0.25, 0.3) is 11.3 Å². The first kappa shape index (κ1) is 25.0. The lowest BCUT2D eigenvalue weighted by Crippen LogP contribution is -2.41. The summed E-state index contributed by atoms with van der Waals surface area (Å²) in [6, 6.07) is 10.6. The van der Waals surface area contributed by atoms with Crippen molar-refractivity contribution in [2.75, 3.05) is 11.9 Å². The highest BCUT2D eigenvalue weighted by molar-refractivity contribution is 6.33. The van der Waals surface area contributed by atoms with Gasteiger partial charge in [-0.2, -0.15) is 18.3 Å². The number of benzene rings is 2. The summed E-state index contributed by atoms with van der Waals surface area (Å²) in [7, 11) is 0. The van der Waals surface area contributed by atoms with Gasteiger partial charge in [0.2, 0.25) is 0 Å². The number of alkyl halides is 3. The monoisotopic (exact) mass is 508 g/mol. The van der Waals surface area contributed by atoms with E-state index in [4.69, 9.17) is 11.6 Å². The van der Waals surface area contributed by atoms with Crippen molar-refractivity contribution in [1.82, 2.24) is 15.5 Å². The Morgan fingerprint density at radius 1 is 1.14 bits per heavy atom. The number of halogens is 5. The molecule has 3 atom stereocenters. The Morgan fingerprint density at radius 3 is 2.57 bits per heavy atom. The number of nitrogens with zero attached hydrogens (tertiary/aromatic N) is 1. The van der Waals surface area contributed by atoms with Gasteiger partial charge in [0.05, 0.1) is 21.8 Å². The maximum absolute atomic E-state index is 13.1. The van der Waals surface area contributed by atoms with Crippen molar-refractivity contribution in [3.8, 4) is 11.3 Å². The van der Waals surface area contributed by atoms with Crippen LogP contribution < -0.4 is 10.6 Å². The fraction of sp³-hybridized carbons (Fsp3) is 0.360. The fourth-order valence-electron chi connectivity index (χ4n) is 4.46. The van der Waals surface area contributed by atoms with Crippen LogP contribution in [0.3, 0.4) is 0 Å². The molecule has 0 spiro atoms. The van der Waals surface area contributed by atoms with Gasteiger partial charge in [0.25, 0.3) is 5.91 Å². The van der Waals surface area contributed by atoms with Gasteiger partial charge in [-0.25, -0.2) is 4.39 Å². The van der Waals surface area contributed by atoms with E-state index < -0.39 is 17.6 Å². The van der Waals surface area contributed by atoms with Gasteiger partial charge in [-0.1, -0.05) is 18.5 Å². The third-order valence-corrected chi connectivity index (χ3v) is 6.83. The average molecular weight is 509 g/mol. The number of H-pyrrole nitrogens is 1. The zero-order chi connectivity index (χ0) is 25.2. The highest BCUT2D eigenvalue weighted by Gasteiger charge is 2.33. The first-order chi connectivity index (χ1) is 16.6. The molecule has 3 aromatic rings. The van der Waals surface area contributed by atoms with E-state index in [2.05, 4.69) is 27.8 Å². The summed E-state index contributed by atoms with van der Waals surface area (Å²) in [6.07, 6.45) is -2.30. The van der Waals surface area contributed by atoms with Crippen molar-refractivity contribution in [1.29, 1.82) is 0 Å². The Kier molecular flexibility index (Phi) is 7.35. The molecule has 1 heterocycles. The number of amides is 1. The van der Waals surface area contributed by atoms with Gasteiger partial charge in [0.15, 0.2) is 0 Å². The molecule has 1 aliphatic rings. The van der Waals surface area contributed by atoms with Crippen molar-refractivity contribution in [2.45, 2.75) is 38.4 Å². The molecule has 10 heteroatoms. The van der Waals surface area contributed by atoms with E-state index in [1.165, 1.54) is 12.1 Å². The second-order valence-electron chi connectivity index (χ2n) is 8.97. The molecule has 1 unspecified atom stereocenters. The molecular weight excluding hydrogens is 484 g/mol. The largest absolute Gasteiger partial charge is 0.416 e. The number of anilines is 1. The minimum absolute atomic E-state index is 0.0135. The Morgan fingerprint density at radius 2 is 1.89 bits per heavy atom. The number of rotatable bonds is 6. The van der Waals surface area contributed by atoms with E-state index >= 15 is 0 Å². The quantitative estimate of drug-likeness (QED) is 0.331. The van der Waals surface area contributed by atoms with Crippen molar-refractivity contribution < 1.29 is 22.4 Å². The van der Waals surface area contributed by atoms with Crippen LogP contribution in [-0.2, 0) is 6.18 Å². The van der Waals surface area contributed by atoms with Gasteiger partial charge in [0.1, 0.15) is 11.6 Å². The van der Waals surface area contributed by atoms with Gasteiger partial charge in [0, 0.05) is 18.7 Å². The highest BCUT2D eigenvalue weighted by atomic mass is 35.5. The number of nitrogens with one attached hydrogen (secondary N) is 3. The molecule has 5 nitrogen and oxygen atoms in total. The summed E-state index contributed by atoms with van der Waals surface area (Å²) >= 11 is 6.00. The molecule has 3 N–H and O–H groups in total. The van der Waals surface area contributed by atoms with Crippen LogP contribution in [0.2, 0.25) is 5.02 Å². The lowest BCUT2D eigenvalue weighted by molar-refractivity contribution is -0.137. The SMILES string of the molecule is C[C@@H]1CC(NC(=O)c2cc(C(F)(F)F)ccc2Cl)CC[C@@H]1CNc1cc(-c2ccc(F)cc2)[nH]n1. The minimum atomic E-state index is -4.55. The van der Waals surface area contributed by atoms with Gasteiger partial charge in [-0.15, -0.1) is 0 Å². The van der Waals surface area contributed by atoms with Crippen LogP contribution in [0, 0.1) is 17.7 Å². The second-order valence-corrected chi connectivity index (χ2v) is 9.38. The number of carbonyl (C=O) groups excluding carboxylic acids is 1. The first-order valence-electron chi connectivity index (χ1n) is 11.3. The van der Waals surface area contributed by atoms with Gasteiger partial charge in [-0.05, 0) is 79.1 Å². The maximum atomic E-state index is 13.1. The minimum Gasteiger partial charge on any atom is -0.368 e. The third-order valence-electron chi connectivity index (χ3n) is 6.50. The summed E-state index contributed by atoms with van der Waals surface area (Å²) < 4.78 is 52.2. The summed E-state index contributed by atoms with van der Waals surface area (Å²) in [5, 5.41) is 13.4. The molecule has 0 bridgehead atoms. The van der Waals surface area contributed by atoms with Crippen LogP contribution in [0.4, 0.5) is 23.4 Å². The lowest BCUT2D eigenvalue weighted by Gasteiger charge is -2.34. The number of hydrogen-bond donors (Lipinski definition) is 3. The summed E-state index contributed by atoms with van der Waals surface area (Å²) in [6.45, 7) is 2.78. The standard InChI is InChI=1S/C25H25ClF4N4O/c1-14-10-19(32-24(35)20-11-17(25(28,29)30)5-9-21(20)26)8-4-16(14)13-31-23-12-22(33-34-23)15-2-6-18(27)7-3-15/h2-3,5-7,9,11-12,14,16,19H,4,8,10,13H2,1H3,(H,32,35)(H2,31,33,34)/t14-,16-,19?/m1/s1. The molecule has 0 saturated heterocycles. The number of aromatic amines is 1. The molecule has 1 aliphatic carbocycles. The molecule has 1 saturated carbocycles. The fourth-order valence-corrected chi connectivity index (χ4v) is 4.66. The predicted octanol–water partition coefficient (Wildman–Crippen LogP) is 6.53. The second kappa shape index (κ2) is 10.3. The average Bonchev–Trinajstić information content (AvgIpc) is 3.27. The molecular formula is C25H25ClF4N4O. The maximum Gasteiger partial charge on any atom is 0.416 e. The zero-order valence-electron chi connectivity index (χ0n) is 18.9. The van der Waals surface area contributed by atoms with E-state index in [0.717, 1.165) is 35.9 Å². The Hall–Kier alpha value is -3.07. The van der Waals surface area contributed by atoms with Gasteiger partial charge < -0.3 is 10.6 Å². The first-order valence-corrected chi connectivity index (χ1v) is 11.7. The molecule has 2 aromatic carbocycles. The van der Waals surface area contributed by atoms with E-state index in [1.54, 1.807) is 12.1 Å². The van der Waals surface area contributed by atoms with Crippen LogP contribution in [-0.4, -0.2) is 28.7 Å². The molecule has 186 valence electrons. The van der Waals surface area contributed by atoms with Crippen molar-refractivity contribution in [3.05, 3.63) is 70.5 Å². The normalized spacial score (nSPS) is 20.5. The number of aromatic nitrogens is 2. The number of carbonyl (C=O) groups is 1. The van der Waals surface area contributed by atoms with E-state index in [-0.39, 0.29) is 28.4 Å². The molecule has 0 aliphatic heterocycles. The molecule has 35 heavy (non-hydrogen) atoms. The van der Waals surface area contributed by atoms with E-state index in [1.807, 2.05) is 6.07 Å². The molecule has 1 aromatic heterocycles. The molecule has 1 amide bonds. The van der Waals surface area contributed by atoms with Crippen LogP contribution in [0.15, 0.2) is 48.5 Å². The molecule has 1 fully saturated rings. The van der Waals surface area contributed by atoms with Crippen molar-refractivity contribution >= 4 is 23.3 Å². The van der Waals surface area contributed by atoms with Crippen molar-refractivity contribution in [2.24, 2.45) is 11.8 Å². The molecule has 4 rings (SSSR count). The van der Waals surface area contributed by atoms with E-state index in [9.17, 15) is 22.4 Å². The summed E-state index contributed by atoms with van der Waals surface area (Å²) in [5.74, 6) is 0.400. The number of hydrogen-bond acceptors (Lipinski definition) is 3. The Labute approximate surface area is 205 Å². The highest BCUT2D eigenvalue weighted by Crippen LogP contribution is 2.33. The lowest BCUT2D eigenvalue weighted by atomic mass is 9.78. The van der Waals surface area contributed by atoms with Gasteiger partial charge >= 0.3 is 6.18 Å². The van der Waals surface area contributed by atoms with Crippen molar-refractivity contribution in [3.63, 3.8) is 0 Å². The Balaban J connectivity index is 1.30. The van der Waals surface area contributed by atoms with Crippen LogP contribution in [0.1, 0.15) is 42.1 Å². The van der Waals surface area contributed by atoms with Gasteiger partial charge in [-0.3, -0.25) is 9.89 Å². The van der Waals surface area contributed by atoms with E-state index in [0.29, 0.717) is 31.1 Å². The molecule has 0 radical (unpaired) electrons. The smallest absolute Gasteiger partial charge is 0.368 e. The van der Waals surface area contributed by atoms with Crippen LogP contribution >= 0.6 is 11.6 Å².